The summed E-state index contributed by atoms with van der Waals surface area (Å²) in [4.78, 5) is 27.6. The maximum atomic E-state index is 12.7. The third-order valence-corrected chi connectivity index (χ3v) is 6.42. The molecule has 0 amide bonds. The summed E-state index contributed by atoms with van der Waals surface area (Å²) in [5.74, 6) is 1.54. The summed E-state index contributed by atoms with van der Waals surface area (Å²) in [7, 11) is 1.73. The molecule has 3 aromatic heterocycles. The minimum absolute atomic E-state index is 0.112. The lowest BCUT2D eigenvalue weighted by Gasteiger charge is -2.21. The standard InChI is InChI=1S/C21H18F3N7O3/c1-29-9-25-19-17(29)20(32)31(10-26-19)8-15-27-18(28-34-15)16-13-6-30(7-14(13)16)11-2-4-12(5-3-11)33-21(22,23)24/h2-5,9-10,13-14,16H,6-8H2,1H3/t13-,14-/m0/s1. The van der Waals surface area contributed by atoms with Crippen LogP contribution in [0.3, 0.4) is 0 Å². The minimum atomic E-state index is -4.71. The largest absolute Gasteiger partial charge is 0.573 e. The van der Waals surface area contributed by atoms with Gasteiger partial charge in [0.15, 0.2) is 17.0 Å². The Labute approximate surface area is 189 Å². The Hall–Kier alpha value is -3.90. The van der Waals surface area contributed by atoms with Gasteiger partial charge in [0.05, 0.1) is 6.33 Å². The van der Waals surface area contributed by atoms with E-state index in [0.717, 1.165) is 18.8 Å². The summed E-state index contributed by atoms with van der Waals surface area (Å²) >= 11 is 0. The van der Waals surface area contributed by atoms with E-state index in [9.17, 15) is 18.0 Å². The van der Waals surface area contributed by atoms with Gasteiger partial charge < -0.3 is 18.7 Å². The van der Waals surface area contributed by atoms with Crippen molar-refractivity contribution < 1.29 is 22.4 Å². The molecule has 1 aliphatic heterocycles. The van der Waals surface area contributed by atoms with Gasteiger partial charge in [0.1, 0.15) is 18.6 Å². The molecule has 0 spiro atoms. The normalized spacial score (nSPS) is 21.8. The monoisotopic (exact) mass is 473 g/mol. The first kappa shape index (κ1) is 20.7. The Balaban J connectivity index is 1.10. The third kappa shape index (κ3) is 3.56. The fourth-order valence-corrected chi connectivity index (χ4v) is 4.78. The predicted octanol–water partition coefficient (Wildman–Crippen LogP) is 2.31. The van der Waals surface area contributed by atoms with E-state index in [2.05, 4.69) is 29.7 Å². The van der Waals surface area contributed by atoms with Crippen LogP contribution in [0.2, 0.25) is 0 Å². The molecule has 13 heteroatoms. The second-order valence-electron chi connectivity index (χ2n) is 8.55. The van der Waals surface area contributed by atoms with Crippen molar-refractivity contribution in [2.45, 2.75) is 18.8 Å². The number of piperidine rings is 1. The number of fused-ring (bicyclic) bond motifs is 2. The van der Waals surface area contributed by atoms with Crippen molar-refractivity contribution >= 4 is 16.9 Å². The van der Waals surface area contributed by atoms with Crippen LogP contribution in [0, 0.1) is 11.8 Å². The van der Waals surface area contributed by atoms with Gasteiger partial charge in [0.25, 0.3) is 5.56 Å². The fourth-order valence-electron chi connectivity index (χ4n) is 4.78. The summed E-state index contributed by atoms with van der Waals surface area (Å²) in [5.41, 5.74) is 1.38. The number of imidazole rings is 1. The van der Waals surface area contributed by atoms with Gasteiger partial charge in [-0.15, -0.1) is 13.2 Å². The predicted molar refractivity (Wildman–Crippen MR) is 111 cm³/mol. The first-order chi connectivity index (χ1) is 16.3. The molecule has 0 unspecified atom stereocenters. The lowest BCUT2D eigenvalue weighted by atomic mass is 10.2. The zero-order chi connectivity index (χ0) is 23.6. The Morgan fingerprint density at radius 2 is 1.82 bits per heavy atom. The van der Waals surface area contributed by atoms with Crippen molar-refractivity contribution in [3.8, 4) is 5.75 Å². The SMILES string of the molecule is Cn1cnc2ncn(Cc3nc(C4[C@H]5CN(c6ccc(OC(F)(F)F)cc6)C[C@H]45)no3)c(=O)c21. The van der Waals surface area contributed by atoms with Gasteiger partial charge in [-0.25, -0.2) is 9.97 Å². The molecule has 2 atom stereocenters. The molecule has 0 radical (unpaired) electrons. The van der Waals surface area contributed by atoms with E-state index in [1.165, 1.54) is 29.4 Å². The molecular weight excluding hydrogens is 455 g/mol. The van der Waals surface area contributed by atoms with Crippen LogP contribution in [0.15, 0.2) is 46.2 Å². The Bertz CT molecular complexity index is 1410. The van der Waals surface area contributed by atoms with Crippen molar-refractivity contribution in [1.29, 1.82) is 0 Å². The molecule has 10 nitrogen and oxygen atoms in total. The molecule has 4 aromatic rings. The summed E-state index contributed by atoms with van der Waals surface area (Å²) < 4.78 is 49.3. The number of rotatable bonds is 5. The first-order valence-electron chi connectivity index (χ1n) is 10.6. The van der Waals surface area contributed by atoms with Crippen LogP contribution >= 0.6 is 0 Å². The van der Waals surface area contributed by atoms with E-state index < -0.39 is 6.36 Å². The molecule has 2 aliphatic rings. The summed E-state index contributed by atoms with van der Waals surface area (Å²) in [6.45, 7) is 1.61. The Morgan fingerprint density at radius 1 is 1.12 bits per heavy atom. The van der Waals surface area contributed by atoms with Gasteiger partial charge >= 0.3 is 6.36 Å². The molecule has 0 N–H and O–H groups in total. The van der Waals surface area contributed by atoms with Crippen LogP contribution in [-0.4, -0.2) is 48.7 Å². The highest BCUT2D eigenvalue weighted by atomic mass is 19.4. The lowest BCUT2D eigenvalue weighted by Crippen LogP contribution is -2.24. The van der Waals surface area contributed by atoms with E-state index in [-0.39, 0.29) is 23.8 Å². The topological polar surface area (TPSA) is 104 Å². The van der Waals surface area contributed by atoms with Crippen LogP contribution < -0.4 is 15.2 Å². The number of alkyl halides is 3. The highest BCUT2D eigenvalue weighted by Crippen LogP contribution is 2.58. The van der Waals surface area contributed by atoms with E-state index in [4.69, 9.17) is 4.52 Å². The summed E-state index contributed by atoms with van der Waals surface area (Å²) in [6, 6.07) is 5.88. The highest BCUT2D eigenvalue weighted by molar-refractivity contribution is 5.68. The van der Waals surface area contributed by atoms with Gasteiger partial charge in [-0.2, -0.15) is 4.98 Å². The smallest absolute Gasteiger partial charge is 0.406 e. The zero-order valence-electron chi connectivity index (χ0n) is 17.8. The van der Waals surface area contributed by atoms with Crippen molar-refractivity contribution in [3.05, 3.63) is 59.0 Å². The first-order valence-corrected chi connectivity index (χ1v) is 10.6. The molecule has 2 fully saturated rings. The zero-order valence-corrected chi connectivity index (χ0v) is 17.8. The number of benzene rings is 1. The van der Waals surface area contributed by atoms with E-state index in [0.29, 0.717) is 34.7 Å². The van der Waals surface area contributed by atoms with Crippen molar-refractivity contribution in [2.24, 2.45) is 18.9 Å². The maximum absolute atomic E-state index is 12.7. The number of aromatic nitrogens is 6. The average Bonchev–Trinajstić information content (AvgIpc) is 3.19. The second-order valence-corrected chi connectivity index (χ2v) is 8.55. The third-order valence-electron chi connectivity index (χ3n) is 6.42. The van der Waals surface area contributed by atoms with Crippen LogP contribution in [0.1, 0.15) is 17.6 Å². The molecule has 176 valence electrons. The number of aryl methyl sites for hydroxylation is 1. The number of hydrogen-bond donors (Lipinski definition) is 0. The molecular formula is C21H18F3N7O3. The number of anilines is 1. The highest BCUT2D eigenvalue weighted by Gasteiger charge is 2.58. The number of nitrogens with zero attached hydrogens (tertiary/aromatic N) is 7. The number of hydrogen-bond acceptors (Lipinski definition) is 8. The molecule has 4 heterocycles. The maximum Gasteiger partial charge on any atom is 0.573 e. The quantitative estimate of drug-likeness (QED) is 0.435. The summed E-state index contributed by atoms with van der Waals surface area (Å²) in [6.07, 6.45) is -1.76. The van der Waals surface area contributed by atoms with Crippen LogP contribution in [-0.2, 0) is 13.6 Å². The lowest BCUT2D eigenvalue weighted by molar-refractivity contribution is -0.274. The van der Waals surface area contributed by atoms with Gasteiger partial charge in [-0.3, -0.25) is 9.36 Å². The van der Waals surface area contributed by atoms with E-state index in [1.54, 1.807) is 23.7 Å². The Morgan fingerprint density at radius 3 is 2.53 bits per heavy atom. The number of ether oxygens (including phenoxy) is 1. The van der Waals surface area contributed by atoms with Crippen molar-refractivity contribution in [2.75, 3.05) is 18.0 Å². The molecule has 34 heavy (non-hydrogen) atoms. The molecule has 1 saturated carbocycles. The van der Waals surface area contributed by atoms with Gasteiger partial charge in [-0.05, 0) is 36.1 Å². The van der Waals surface area contributed by atoms with E-state index in [1.807, 2.05) is 0 Å². The average molecular weight is 473 g/mol. The molecule has 6 rings (SSSR count). The van der Waals surface area contributed by atoms with Crippen LogP contribution in [0.5, 0.6) is 5.75 Å². The van der Waals surface area contributed by atoms with Crippen LogP contribution in [0.25, 0.3) is 11.2 Å². The van der Waals surface area contributed by atoms with Gasteiger partial charge in [0, 0.05) is 31.7 Å². The molecule has 1 aromatic carbocycles. The van der Waals surface area contributed by atoms with Crippen LogP contribution in [0.4, 0.5) is 18.9 Å². The van der Waals surface area contributed by atoms with Crippen molar-refractivity contribution in [3.63, 3.8) is 0 Å². The van der Waals surface area contributed by atoms with Gasteiger partial charge in [0.2, 0.25) is 5.89 Å². The number of halogens is 3. The summed E-state index contributed by atoms with van der Waals surface area (Å²) in [5, 5.41) is 4.12. The fraction of sp³-hybridized carbons (Fsp3) is 0.381. The minimum Gasteiger partial charge on any atom is -0.406 e. The molecule has 1 saturated heterocycles. The molecule has 0 bridgehead atoms. The van der Waals surface area contributed by atoms with Crippen molar-refractivity contribution in [1.82, 2.24) is 29.2 Å². The van der Waals surface area contributed by atoms with Gasteiger partial charge in [-0.1, -0.05) is 5.16 Å². The second kappa shape index (κ2) is 7.30. The molecule has 1 aliphatic carbocycles. The Kier molecular flexibility index (Phi) is 4.44. The van der Waals surface area contributed by atoms with E-state index >= 15 is 0 Å².